The molecule has 1 saturated heterocycles. The number of nitro groups is 1. The molecule has 0 spiro atoms. The number of nitro benzene ring substituents is 1. The molecule has 1 heterocycles. The fourth-order valence-corrected chi connectivity index (χ4v) is 2.86. The number of carbonyl (C=O) groups excluding carboxylic acids is 1. The summed E-state index contributed by atoms with van der Waals surface area (Å²) in [4.78, 5) is 26.7. The van der Waals surface area contributed by atoms with Gasteiger partial charge in [-0.25, -0.2) is 4.79 Å². The minimum absolute atomic E-state index is 0.0613. The largest absolute Gasteiger partial charge is 0.338 e. The molecule has 0 bridgehead atoms. The van der Waals surface area contributed by atoms with Gasteiger partial charge in [0.1, 0.15) is 6.17 Å². The summed E-state index contributed by atoms with van der Waals surface area (Å²) in [6.07, 6.45) is 2.72. The van der Waals surface area contributed by atoms with Crippen molar-refractivity contribution in [3.8, 4) is 0 Å². The Bertz CT molecular complexity index is 547. The molecule has 1 aromatic carbocycles. The van der Waals surface area contributed by atoms with Gasteiger partial charge in [-0.3, -0.25) is 15.0 Å². The van der Waals surface area contributed by atoms with Crippen LogP contribution in [0.4, 0.5) is 10.5 Å². The number of benzene rings is 1. The van der Waals surface area contributed by atoms with E-state index in [9.17, 15) is 14.9 Å². The van der Waals surface area contributed by atoms with Crippen LogP contribution in [0.2, 0.25) is 0 Å². The monoisotopic (exact) mass is 320 g/mol. The SMILES string of the molecule is CCCCNC(=O)N1CCCN(C)C1c1ccc([N+](=O)[O-])cc1. The second-order valence-electron chi connectivity index (χ2n) is 5.84. The molecule has 0 aromatic heterocycles. The van der Waals surface area contributed by atoms with Crippen molar-refractivity contribution < 1.29 is 9.72 Å². The molecule has 7 heteroatoms. The predicted molar refractivity (Wildman–Crippen MR) is 88.1 cm³/mol. The van der Waals surface area contributed by atoms with Crippen molar-refractivity contribution in [1.82, 2.24) is 15.1 Å². The maximum atomic E-state index is 12.5. The van der Waals surface area contributed by atoms with Crippen molar-refractivity contribution in [1.29, 1.82) is 0 Å². The van der Waals surface area contributed by atoms with Gasteiger partial charge in [-0.05, 0) is 37.6 Å². The number of hydrogen-bond acceptors (Lipinski definition) is 4. The Kier molecular flexibility index (Phi) is 5.92. The van der Waals surface area contributed by atoms with Crippen molar-refractivity contribution in [2.24, 2.45) is 0 Å². The van der Waals surface area contributed by atoms with E-state index in [1.807, 2.05) is 7.05 Å². The standard InChI is InChI=1S/C16H24N4O3/c1-3-4-10-17-16(21)19-12-5-11-18(2)15(19)13-6-8-14(9-7-13)20(22)23/h6-9,15H,3-5,10-12H2,1-2H3,(H,17,21). The number of rotatable bonds is 5. The van der Waals surface area contributed by atoms with Crippen molar-refractivity contribution >= 4 is 11.7 Å². The maximum Gasteiger partial charge on any atom is 0.318 e. The Morgan fingerprint density at radius 3 is 2.65 bits per heavy atom. The van der Waals surface area contributed by atoms with Crippen LogP contribution >= 0.6 is 0 Å². The minimum atomic E-state index is -0.413. The highest BCUT2D eigenvalue weighted by Crippen LogP contribution is 2.29. The van der Waals surface area contributed by atoms with Crippen molar-refractivity contribution in [2.75, 3.05) is 26.7 Å². The van der Waals surface area contributed by atoms with Gasteiger partial charge in [0.2, 0.25) is 0 Å². The Morgan fingerprint density at radius 2 is 2.04 bits per heavy atom. The van der Waals surface area contributed by atoms with Gasteiger partial charge in [0.15, 0.2) is 0 Å². The number of nitrogens with one attached hydrogen (secondary N) is 1. The molecule has 1 aliphatic heterocycles. The molecule has 7 nitrogen and oxygen atoms in total. The third-order valence-corrected chi connectivity index (χ3v) is 4.09. The molecule has 1 aliphatic rings. The van der Waals surface area contributed by atoms with Gasteiger partial charge in [0, 0.05) is 31.8 Å². The Morgan fingerprint density at radius 1 is 1.35 bits per heavy atom. The first kappa shape index (κ1) is 17.2. The molecule has 1 N–H and O–H groups in total. The van der Waals surface area contributed by atoms with E-state index >= 15 is 0 Å². The summed E-state index contributed by atoms with van der Waals surface area (Å²) in [6, 6.07) is 6.37. The lowest BCUT2D eigenvalue weighted by molar-refractivity contribution is -0.384. The van der Waals surface area contributed by atoms with Gasteiger partial charge in [-0.1, -0.05) is 13.3 Å². The molecule has 23 heavy (non-hydrogen) atoms. The van der Waals surface area contributed by atoms with Crippen LogP contribution in [0.15, 0.2) is 24.3 Å². The average Bonchev–Trinajstić information content (AvgIpc) is 2.55. The zero-order valence-corrected chi connectivity index (χ0v) is 13.7. The van der Waals surface area contributed by atoms with E-state index in [1.54, 1.807) is 17.0 Å². The third-order valence-electron chi connectivity index (χ3n) is 4.09. The lowest BCUT2D eigenvalue weighted by Crippen LogP contribution is -2.52. The summed E-state index contributed by atoms with van der Waals surface area (Å²) in [6.45, 7) is 4.33. The fraction of sp³-hybridized carbons (Fsp3) is 0.562. The Balaban J connectivity index is 2.16. The number of unbranched alkanes of at least 4 members (excludes halogenated alkanes) is 1. The maximum absolute atomic E-state index is 12.5. The first-order valence-corrected chi connectivity index (χ1v) is 8.03. The van der Waals surface area contributed by atoms with Crippen LogP contribution in [-0.4, -0.2) is 47.4 Å². The third kappa shape index (κ3) is 4.19. The number of carbonyl (C=O) groups is 1. The molecule has 1 atom stereocenters. The van der Waals surface area contributed by atoms with Gasteiger partial charge in [-0.2, -0.15) is 0 Å². The van der Waals surface area contributed by atoms with Crippen LogP contribution in [0.3, 0.4) is 0 Å². The molecule has 0 aliphatic carbocycles. The van der Waals surface area contributed by atoms with Crippen molar-refractivity contribution in [3.63, 3.8) is 0 Å². The predicted octanol–water partition coefficient (Wildman–Crippen LogP) is 2.74. The highest BCUT2D eigenvalue weighted by atomic mass is 16.6. The summed E-state index contributed by atoms with van der Waals surface area (Å²) >= 11 is 0. The van der Waals surface area contributed by atoms with E-state index in [0.29, 0.717) is 13.1 Å². The van der Waals surface area contributed by atoms with Gasteiger partial charge in [-0.15, -0.1) is 0 Å². The second-order valence-corrected chi connectivity index (χ2v) is 5.84. The normalized spacial score (nSPS) is 18.7. The van der Waals surface area contributed by atoms with E-state index in [4.69, 9.17) is 0 Å². The van der Waals surface area contributed by atoms with Crippen LogP contribution in [0.25, 0.3) is 0 Å². The van der Waals surface area contributed by atoms with E-state index in [0.717, 1.165) is 31.4 Å². The van der Waals surface area contributed by atoms with Crippen molar-refractivity contribution in [2.45, 2.75) is 32.4 Å². The number of hydrogen-bond donors (Lipinski definition) is 1. The van der Waals surface area contributed by atoms with Crippen LogP contribution in [0.1, 0.15) is 37.9 Å². The summed E-state index contributed by atoms with van der Waals surface area (Å²) in [5.74, 6) is 0. The van der Waals surface area contributed by atoms with Crippen molar-refractivity contribution in [3.05, 3.63) is 39.9 Å². The molecular weight excluding hydrogens is 296 g/mol. The number of amides is 2. The zero-order chi connectivity index (χ0) is 16.8. The highest BCUT2D eigenvalue weighted by molar-refractivity contribution is 5.74. The summed E-state index contributed by atoms with van der Waals surface area (Å²) < 4.78 is 0. The minimum Gasteiger partial charge on any atom is -0.338 e. The lowest BCUT2D eigenvalue weighted by Gasteiger charge is -2.42. The molecule has 126 valence electrons. The van der Waals surface area contributed by atoms with Gasteiger partial charge in [0.05, 0.1) is 4.92 Å². The van der Waals surface area contributed by atoms with E-state index in [-0.39, 0.29) is 17.9 Å². The van der Waals surface area contributed by atoms with Crippen LogP contribution in [0, 0.1) is 10.1 Å². The average molecular weight is 320 g/mol. The summed E-state index contributed by atoms with van der Waals surface area (Å²) in [5, 5.41) is 13.7. The zero-order valence-electron chi connectivity index (χ0n) is 13.7. The van der Waals surface area contributed by atoms with Crippen LogP contribution in [0.5, 0.6) is 0 Å². The smallest absolute Gasteiger partial charge is 0.318 e. The quantitative estimate of drug-likeness (QED) is 0.514. The molecule has 1 unspecified atom stereocenters. The number of urea groups is 1. The fourth-order valence-electron chi connectivity index (χ4n) is 2.86. The molecule has 1 aromatic rings. The summed E-state index contributed by atoms with van der Waals surface area (Å²) in [7, 11) is 1.97. The highest BCUT2D eigenvalue weighted by Gasteiger charge is 2.31. The molecule has 2 rings (SSSR count). The lowest BCUT2D eigenvalue weighted by atomic mass is 10.1. The van der Waals surface area contributed by atoms with Crippen LogP contribution in [-0.2, 0) is 0 Å². The number of non-ortho nitro benzene ring substituents is 1. The van der Waals surface area contributed by atoms with Gasteiger partial charge < -0.3 is 10.2 Å². The Hall–Kier alpha value is -2.15. The van der Waals surface area contributed by atoms with E-state index in [2.05, 4.69) is 17.1 Å². The van der Waals surface area contributed by atoms with Crippen LogP contribution < -0.4 is 5.32 Å². The van der Waals surface area contributed by atoms with Gasteiger partial charge >= 0.3 is 6.03 Å². The topological polar surface area (TPSA) is 78.7 Å². The second kappa shape index (κ2) is 7.92. The van der Waals surface area contributed by atoms with E-state index < -0.39 is 4.92 Å². The Labute approximate surface area is 136 Å². The van der Waals surface area contributed by atoms with E-state index in [1.165, 1.54) is 12.1 Å². The molecule has 1 fully saturated rings. The summed E-state index contributed by atoms with van der Waals surface area (Å²) in [5.41, 5.74) is 0.953. The molecule has 2 amide bonds. The first-order chi connectivity index (χ1) is 11.0. The molecule has 0 radical (unpaired) electrons. The molecular formula is C16H24N4O3. The first-order valence-electron chi connectivity index (χ1n) is 8.03. The molecule has 0 saturated carbocycles. The van der Waals surface area contributed by atoms with Gasteiger partial charge in [0.25, 0.3) is 5.69 Å². The number of nitrogens with zero attached hydrogens (tertiary/aromatic N) is 3.